The van der Waals surface area contributed by atoms with Crippen LogP contribution in [0.2, 0.25) is 0 Å². The summed E-state index contributed by atoms with van der Waals surface area (Å²) in [4.78, 5) is 32.2. The highest BCUT2D eigenvalue weighted by Gasteiger charge is 2.39. The van der Waals surface area contributed by atoms with Crippen LogP contribution in [0.3, 0.4) is 0 Å². The molecule has 0 fully saturated rings. The third kappa shape index (κ3) is 3.02. The summed E-state index contributed by atoms with van der Waals surface area (Å²) in [5.74, 6) is -0.310. The van der Waals surface area contributed by atoms with Crippen LogP contribution in [0.15, 0.2) is 29.1 Å². The first-order chi connectivity index (χ1) is 15.2. The minimum absolute atomic E-state index is 0.151. The number of phenols is 1. The molecule has 5 rings (SSSR count). The summed E-state index contributed by atoms with van der Waals surface area (Å²) in [5.41, 5.74) is 2.69. The summed E-state index contributed by atoms with van der Waals surface area (Å²) in [5, 5.41) is 22.5. The van der Waals surface area contributed by atoms with E-state index in [4.69, 9.17) is 9.72 Å². The largest absolute Gasteiger partial charge is 0.508 e. The molecule has 1 unspecified atom stereocenters. The van der Waals surface area contributed by atoms with Crippen molar-refractivity contribution in [2.45, 2.75) is 45.1 Å². The van der Waals surface area contributed by atoms with Gasteiger partial charge in [0.2, 0.25) is 0 Å². The second-order valence-electron chi connectivity index (χ2n) is 8.90. The van der Waals surface area contributed by atoms with E-state index < -0.39 is 11.6 Å². The lowest BCUT2D eigenvalue weighted by atomic mass is 9.85. The van der Waals surface area contributed by atoms with Crippen molar-refractivity contribution in [2.24, 2.45) is 0 Å². The number of benzene rings is 1. The van der Waals surface area contributed by atoms with Crippen LogP contribution in [0.4, 0.5) is 0 Å². The Morgan fingerprint density at radius 1 is 1.25 bits per heavy atom. The summed E-state index contributed by atoms with van der Waals surface area (Å²) in [7, 11) is 3.87. The first kappa shape index (κ1) is 20.7. The number of rotatable bonds is 3. The van der Waals surface area contributed by atoms with E-state index in [0.29, 0.717) is 35.6 Å². The minimum atomic E-state index is -1.46. The van der Waals surface area contributed by atoms with Crippen molar-refractivity contribution in [1.82, 2.24) is 14.5 Å². The number of cyclic esters (lactones) is 1. The molecule has 0 bridgehead atoms. The molecule has 0 amide bonds. The van der Waals surface area contributed by atoms with Crippen molar-refractivity contribution in [3.8, 4) is 17.1 Å². The number of phenolic OH excluding ortho intramolecular Hbond substituents is 1. The van der Waals surface area contributed by atoms with E-state index in [0.717, 1.165) is 22.0 Å². The van der Waals surface area contributed by atoms with Gasteiger partial charge in [-0.1, -0.05) is 6.92 Å². The van der Waals surface area contributed by atoms with E-state index in [1.54, 1.807) is 29.7 Å². The average molecular weight is 435 g/mol. The number of esters is 1. The van der Waals surface area contributed by atoms with E-state index in [1.807, 2.05) is 25.1 Å². The molecule has 4 heterocycles. The van der Waals surface area contributed by atoms with Gasteiger partial charge in [0.05, 0.1) is 35.4 Å². The maximum Gasteiger partial charge on any atom is 0.309 e. The van der Waals surface area contributed by atoms with Crippen LogP contribution >= 0.6 is 0 Å². The molecule has 8 nitrogen and oxygen atoms in total. The molecule has 2 aromatic heterocycles. The number of aromatic nitrogens is 2. The molecule has 166 valence electrons. The average Bonchev–Trinajstić information content (AvgIpc) is 3.04. The summed E-state index contributed by atoms with van der Waals surface area (Å²) < 4.78 is 6.83. The van der Waals surface area contributed by atoms with Crippen molar-refractivity contribution in [3.05, 3.63) is 56.9 Å². The first-order valence-corrected chi connectivity index (χ1v) is 10.7. The van der Waals surface area contributed by atoms with Crippen molar-refractivity contribution in [2.75, 3.05) is 14.1 Å². The fraction of sp³-hybridized carbons (Fsp3) is 0.375. The van der Waals surface area contributed by atoms with Crippen molar-refractivity contribution < 1.29 is 19.7 Å². The van der Waals surface area contributed by atoms with Gasteiger partial charge in [-0.3, -0.25) is 9.59 Å². The summed E-state index contributed by atoms with van der Waals surface area (Å²) in [6, 6.07) is 7.18. The Balaban J connectivity index is 1.74. The number of ether oxygens (including phenoxy) is 1. The smallest absolute Gasteiger partial charge is 0.309 e. The lowest BCUT2D eigenvalue weighted by molar-refractivity contribution is -0.149. The number of hydrogen-bond donors (Lipinski definition) is 2. The molecule has 0 saturated heterocycles. The van der Waals surface area contributed by atoms with Gasteiger partial charge in [0.15, 0.2) is 0 Å². The normalized spacial score (nSPS) is 19.5. The fourth-order valence-electron chi connectivity index (χ4n) is 4.78. The van der Waals surface area contributed by atoms with Crippen LogP contribution in [0, 0.1) is 0 Å². The highest BCUT2D eigenvalue weighted by atomic mass is 16.5. The zero-order valence-electron chi connectivity index (χ0n) is 18.3. The lowest BCUT2D eigenvalue weighted by Gasteiger charge is -2.26. The third-order valence-corrected chi connectivity index (χ3v) is 6.51. The Labute approximate surface area is 184 Å². The standard InChI is InChI=1S/C24H25N3O5/c1-4-24(31)9-21(29)32-12-16-17(24)8-19-22-13(10-27(19)23(16)30)7-14-15(11-26(2)3)20(28)6-5-18(14)25-22/h5-8,28,31H,4,9-12H2,1-3H3. The molecule has 1 aromatic carbocycles. The molecule has 0 spiro atoms. The van der Waals surface area contributed by atoms with Gasteiger partial charge in [0.25, 0.3) is 5.56 Å². The SMILES string of the molecule is CCC1(O)CC(=O)OCc2c1cc1n(c2=O)Cc2cc3c(CN(C)C)c(O)ccc3nc2-1. The predicted molar refractivity (Wildman–Crippen MR) is 118 cm³/mol. The Kier molecular flexibility index (Phi) is 4.61. The van der Waals surface area contributed by atoms with Crippen LogP contribution in [-0.2, 0) is 34.8 Å². The second kappa shape index (κ2) is 7.15. The van der Waals surface area contributed by atoms with Crippen LogP contribution in [0.25, 0.3) is 22.3 Å². The van der Waals surface area contributed by atoms with Crippen LogP contribution in [0.1, 0.15) is 42.0 Å². The number of hydrogen-bond acceptors (Lipinski definition) is 7. The van der Waals surface area contributed by atoms with E-state index in [-0.39, 0.29) is 30.8 Å². The molecule has 32 heavy (non-hydrogen) atoms. The first-order valence-electron chi connectivity index (χ1n) is 10.7. The van der Waals surface area contributed by atoms with Gasteiger partial charge in [-0.15, -0.1) is 0 Å². The van der Waals surface area contributed by atoms with Gasteiger partial charge in [0, 0.05) is 23.1 Å². The van der Waals surface area contributed by atoms with E-state index in [1.165, 1.54) is 0 Å². The van der Waals surface area contributed by atoms with Crippen molar-refractivity contribution in [3.63, 3.8) is 0 Å². The highest BCUT2D eigenvalue weighted by Crippen LogP contribution is 2.39. The van der Waals surface area contributed by atoms with Gasteiger partial charge in [0.1, 0.15) is 18.0 Å². The van der Waals surface area contributed by atoms with E-state index in [9.17, 15) is 19.8 Å². The quantitative estimate of drug-likeness (QED) is 0.476. The molecule has 1 atom stereocenters. The number of aromatic hydroxyl groups is 1. The lowest BCUT2D eigenvalue weighted by Crippen LogP contribution is -2.32. The summed E-state index contributed by atoms with van der Waals surface area (Å²) in [6.45, 7) is 2.52. The monoisotopic (exact) mass is 435 g/mol. The Morgan fingerprint density at radius 3 is 2.75 bits per heavy atom. The number of carbonyl (C=O) groups excluding carboxylic acids is 1. The molecular formula is C24H25N3O5. The maximum absolute atomic E-state index is 13.4. The molecule has 3 aromatic rings. The molecular weight excluding hydrogens is 410 g/mol. The zero-order valence-corrected chi connectivity index (χ0v) is 18.3. The Morgan fingerprint density at radius 2 is 2.03 bits per heavy atom. The number of aliphatic hydroxyl groups is 1. The predicted octanol–water partition coefficient (Wildman–Crippen LogP) is 2.24. The Hall–Kier alpha value is -3.23. The number of carbonyl (C=O) groups is 1. The molecule has 8 heteroatoms. The molecule has 2 aliphatic heterocycles. The van der Waals surface area contributed by atoms with E-state index >= 15 is 0 Å². The third-order valence-electron chi connectivity index (χ3n) is 6.51. The van der Waals surface area contributed by atoms with Gasteiger partial charge in [-0.2, -0.15) is 0 Å². The number of nitrogens with zero attached hydrogens (tertiary/aromatic N) is 3. The molecule has 2 N–H and O–H groups in total. The van der Waals surface area contributed by atoms with Crippen molar-refractivity contribution in [1.29, 1.82) is 0 Å². The zero-order chi connectivity index (χ0) is 22.8. The molecule has 0 saturated carbocycles. The fourth-order valence-corrected chi connectivity index (χ4v) is 4.78. The van der Waals surface area contributed by atoms with Crippen molar-refractivity contribution >= 4 is 16.9 Å². The van der Waals surface area contributed by atoms with Gasteiger partial charge < -0.3 is 24.4 Å². The molecule has 2 aliphatic rings. The summed E-state index contributed by atoms with van der Waals surface area (Å²) >= 11 is 0. The van der Waals surface area contributed by atoms with E-state index in [2.05, 4.69) is 0 Å². The van der Waals surface area contributed by atoms with Gasteiger partial charge in [-0.25, -0.2) is 4.98 Å². The van der Waals surface area contributed by atoms with Crippen LogP contribution in [-0.4, -0.2) is 44.7 Å². The van der Waals surface area contributed by atoms with Gasteiger partial charge >= 0.3 is 5.97 Å². The number of fused-ring (bicyclic) bond motifs is 5. The molecule has 0 aliphatic carbocycles. The van der Waals surface area contributed by atoms with Crippen LogP contribution < -0.4 is 5.56 Å². The van der Waals surface area contributed by atoms with Gasteiger partial charge in [-0.05, 0) is 50.3 Å². The number of pyridine rings is 2. The summed E-state index contributed by atoms with van der Waals surface area (Å²) in [6.07, 6.45) is 0.0910. The minimum Gasteiger partial charge on any atom is -0.508 e. The topological polar surface area (TPSA) is 105 Å². The Bertz CT molecular complexity index is 1340. The maximum atomic E-state index is 13.4. The highest BCUT2D eigenvalue weighted by molar-refractivity contribution is 5.88. The second-order valence-corrected chi connectivity index (χ2v) is 8.90. The van der Waals surface area contributed by atoms with Crippen LogP contribution in [0.5, 0.6) is 5.75 Å². The molecule has 0 radical (unpaired) electrons.